The molecule has 0 N–H and O–H groups in total. The van der Waals surface area contributed by atoms with Crippen molar-refractivity contribution >= 4 is 53.6 Å². The molecule has 6 nitrogen and oxygen atoms in total. The molecule has 0 saturated carbocycles. The molecule has 0 bridgehead atoms. The molecule has 0 unspecified atom stereocenters. The van der Waals surface area contributed by atoms with Crippen LogP contribution in [0.1, 0.15) is 96.1 Å². The minimum Gasteiger partial charge on any atom is -0.465 e. The van der Waals surface area contributed by atoms with Gasteiger partial charge in [0.2, 0.25) is 9.84 Å². The molecule has 0 heterocycles. The van der Waals surface area contributed by atoms with Crippen LogP contribution in [0, 0.1) is 0 Å². The number of aryl methyl sites for hydroxylation is 2. The maximum atomic E-state index is 14.1. The zero-order valence-corrected chi connectivity index (χ0v) is 27.0. The normalized spacial score (nSPS) is 11.4. The molecule has 0 atom stereocenters. The molecule has 9 heteroatoms. The lowest BCUT2D eigenvalue weighted by Gasteiger charge is -2.16. The van der Waals surface area contributed by atoms with E-state index in [0.717, 1.165) is 74.9 Å². The van der Waals surface area contributed by atoms with Gasteiger partial charge in [-0.3, -0.25) is 0 Å². The minimum atomic E-state index is -3.92. The quantitative estimate of drug-likeness (QED) is 0.0901. The van der Waals surface area contributed by atoms with Crippen LogP contribution < -0.4 is 0 Å². The summed E-state index contributed by atoms with van der Waals surface area (Å²) in [6, 6.07) is 9.32. The average Bonchev–Trinajstić information content (AvgIpc) is 2.95. The number of hydrogen-bond donors (Lipinski definition) is 0. The number of methoxy groups -OCH3 is 2. The van der Waals surface area contributed by atoms with Crippen LogP contribution in [0.25, 0.3) is 0 Å². The second-order valence-electron chi connectivity index (χ2n) is 9.55. The van der Waals surface area contributed by atoms with Crippen molar-refractivity contribution < 1.29 is 27.5 Å². The van der Waals surface area contributed by atoms with Crippen molar-refractivity contribution in [3.63, 3.8) is 0 Å². The number of alkyl halides is 2. The third-order valence-electron chi connectivity index (χ3n) is 6.70. The number of carbonyl (C=O) groups is 2. The second kappa shape index (κ2) is 17.9. The lowest BCUT2D eigenvalue weighted by atomic mass is 10.0. The zero-order valence-electron chi connectivity index (χ0n) is 23.0. The Balaban J connectivity index is 2.42. The van der Waals surface area contributed by atoms with Crippen LogP contribution in [0.5, 0.6) is 0 Å². The molecule has 0 aliphatic heterocycles. The van der Waals surface area contributed by atoms with Gasteiger partial charge in [-0.05, 0) is 86.1 Å². The van der Waals surface area contributed by atoms with Crippen molar-refractivity contribution in [2.75, 3.05) is 24.9 Å². The number of unbranched alkanes of at least 4 members (excludes halogenated alkanes) is 8. The standard InChI is InChI=1S/C30H40Br2O6S/c1-37-29(33)25-15-17-27(23(21-25)13-9-5-3-7-11-19-31)39(35,36)28-18-16-26(30(34)38-2)22-24(28)14-10-6-4-8-12-20-32/h15-18,21-22H,3-14,19-20H2,1-2H3. The Morgan fingerprint density at radius 3 is 1.33 bits per heavy atom. The summed E-state index contributed by atoms with van der Waals surface area (Å²) in [6.07, 6.45) is 11.3. The zero-order chi connectivity index (χ0) is 28.7. The lowest BCUT2D eigenvalue weighted by molar-refractivity contribution is 0.0591. The maximum Gasteiger partial charge on any atom is 0.337 e. The van der Waals surface area contributed by atoms with E-state index in [1.807, 2.05) is 0 Å². The first-order valence-electron chi connectivity index (χ1n) is 13.6. The highest BCUT2D eigenvalue weighted by Crippen LogP contribution is 2.31. The molecule has 0 radical (unpaired) electrons. The predicted octanol–water partition coefficient (Wildman–Crippen LogP) is 7.87. The first kappa shape index (κ1) is 33.5. The Morgan fingerprint density at radius 1 is 0.615 bits per heavy atom. The summed E-state index contributed by atoms with van der Waals surface area (Å²) in [5.74, 6) is -0.999. The van der Waals surface area contributed by atoms with Crippen LogP contribution in [-0.2, 0) is 32.2 Å². The molecular weight excluding hydrogens is 648 g/mol. The van der Waals surface area contributed by atoms with Gasteiger partial charge in [-0.25, -0.2) is 18.0 Å². The average molecular weight is 689 g/mol. The number of ether oxygens (including phenoxy) is 2. The van der Waals surface area contributed by atoms with Gasteiger partial charge in [-0.1, -0.05) is 70.4 Å². The van der Waals surface area contributed by atoms with E-state index in [2.05, 4.69) is 31.9 Å². The van der Waals surface area contributed by atoms with Gasteiger partial charge in [0.25, 0.3) is 0 Å². The summed E-state index contributed by atoms with van der Waals surface area (Å²) in [6.45, 7) is 0. The Bertz CT molecular complexity index is 1090. The Labute approximate surface area is 250 Å². The Hall–Kier alpha value is -1.71. The summed E-state index contributed by atoms with van der Waals surface area (Å²) >= 11 is 6.90. The molecule has 0 aliphatic carbocycles. The van der Waals surface area contributed by atoms with E-state index in [1.165, 1.54) is 38.5 Å². The molecule has 2 rings (SSSR count). The van der Waals surface area contributed by atoms with Gasteiger partial charge < -0.3 is 9.47 Å². The summed E-state index contributed by atoms with van der Waals surface area (Å²) in [5.41, 5.74) is 1.87. The van der Waals surface area contributed by atoms with Crippen molar-refractivity contribution in [2.45, 2.75) is 86.8 Å². The fraction of sp³-hybridized carbons (Fsp3) is 0.533. The number of rotatable bonds is 18. The van der Waals surface area contributed by atoms with Crippen LogP contribution in [0.3, 0.4) is 0 Å². The van der Waals surface area contributed by atoms with Crippen LogP contribution in [0.15, 0.2) is 46.2 Å². The molecule has 0 spiro atoms. The number of hydrogen-bond acceptors (Lipinski definition) is 6. The Kier molecular flexibility index (Phi) is 15.3. The largest absolute Gasteiger partial charge is 0.465 e. The van der Waals surface area contributed by atoms with Crippen molar-refractivity contribution in [1.29, 1.82) is 0 Å². The van der Waals surface area contributed by atoms with Gasteiger partial charge in [0.1, 0.15) is 0 Å². The van der Waals surface area contributed by atoms with Gasteiger partial charge in [-0.15, -0.1) is 0 Å². The van der Waals surface area contributed by atoms with E-state index in [9.17, 15) is 18.0 Å². The lowest BCUT2D eigenvalue weighted by Crippen LogP contribution is -2.12. The number of sulfone groups is 1. The molecule has 39 heavy (non-hydrogen) atoms. The predicted molar refractivity (Wildman–Crippen MR) is 162 cm³/mol. The molecule has 0 aromatic heterocycles. The van der Waals surface area contributed by atoms with E-state index in [0.29, 0.717) is 35.1 Å². The van der Waals surface area contributed by atoms with E-state index in [-0.39, 0.29) is 9.79 Å². The van der Waals surface area contributed by atoms with Gasteiger partial charge in [-0.2, -0.15) is 0 Å². The SMILES string of the molecule is COC(=O)c1ccc(S(=O)(=O)c2ccc(C(=O)OC)cc2CCCCCCCBr)c(CCCCCCCBr)c1. The molecule has 0 amide bonds. The van der Waals surface area contributed by atoms with Crippen LogP contribution in [0.4, 0.5) is 0 Å². The molecule has 0 aliphatic rings. The highest BCUT2D eigenvalue weighted by Gasteiger charge is 2.26. The van der Waals surface area contributed by atoms with Gasteiger partial charge in [0.15, 0.2) is 0 Å². The number of esters is 2. The van der Waals surface area contributed by atoms with Crippen molar-refractivity contribution in [3.8, 4) is 0 Å². The Morgan fingerprint density at radius 2 is 0.974 bits per heavy atom. The van der Waals surface area contributed by atoms with Gasteiger partial charge in [0.05, 0.1) is 35.1 Å². The summed E-state index contributed by atoms with van der Waals surface area (Å²) in [5, 5.41) is 1.95. The molecule has 216 valence electrons. The van der Waals surface area contributed by atoms with Crippen molar-refractivity contribution in [2.24, 2.45) is 0 Å². The third-order valence-corrected chi connectivity index (χ3v) is 9.78. The van der Waals surface area contributed by atoms with E-state index >= 15 is 0 Å². The number of benzene rings is 2. The van der Waals surface area contributed by atoms with E-state index < -0.39 is 21.8 Å². The number of halogens is 2. The summed E-state index contributed by atoms with van der Waals surface area (Å²) < 4.78 is 37.9. The van der Waals surface area contributed by atoms with Gasteiger partial charge in [0, 0.05) is 10.7 Å². The van der Waals surface area contributed by atoms with Crippen LogP contribution in [0.2, 0.25) is 0 Å². The van der Waals surface area contributed by atoms with Crippen molar-refractivity contribution in [3.05, 3.63) is 58.7 Å². The minimum absolute atomic E-state index is 0.194. The fourth-order valence-corrected chi connectivity index (χ4v) is 7.10. The summed E-state index contributed by atoms with van der Waals surface area (Å²) in [7, 11) is -1.30. The van der Waals surface area contributed by atoms with E-state index in [4.69, 9.17) is 9.47 Å². The van der Waals surface area contributed by atoms with E-state index in [1.54, 1.807) is 12.1 Å². The van der Waals surface area contributed by atoms with Gasteiger partial charge >= 0.3 is 11.9 Å². The summed E-state index contributed by atoms with van der Waals surface area (Å²) in [4.78, 5) is 24.8. The van der Waals surface area contributed by atoms with Crippen LogP contribution in [-0.4, -0.2) is 45.2 Å². The highest BCUT2D eigenvalue weighted by molar-refractivity contribution is 9.09. The smallest absolute Gasteiger partial charge is 0.337 e. The first-order valence-corrected chi connectivity index (χ1v) is 17.3. The maximum absolute atomic E-state index is 14.1. The first-order chi connectivity index (χ1) is 18.8. The topological polar surface area (TPSA) is 86.7 Å². The molecular formula is C30H40Br2O6S. The molecule has 0 fully saturated rings. The second-order valence-corrected chi connectivity index (χ2v) is 13.0. The molecule has 2 aromatic carbocycles. The third kappa shape index (κ3) is 10.3. The van der Waals surface area contributed by atoms with Crippen molar-refractivity contribution in [1.82, 2.24) is 0 Å². The molecule has 2 aromatic rings. The number of carbonyl (C=O) groups excluding carboxylic acids is 2. The monoisotopic (exact) mass is 686 g/mol. The highest BCUT2D eigenvalue weighted by atomic mass is 79.9. The fourth-order valence-electron chi connectivity index (χ4n) is 4.56. The van der Waals surface area contributed by atoms with Crippen LogP contribution >= 0.6 is 31.9 Å². The molecule has 0 saturated heterocycles.